The van der Waals surface area contributed by atoms with Gasteiger partial charge in [0.15, 0.2) is 0 Å². The predicted octanol–water partition coefficient (Wildman–Crippen LogP) is 1.65. The average molecular weight is 326 g/mol. The Morgan fingerprint density at radius 3 is 2.41 bits per heavy atom. The Balaban J connectivity index is 2.33. The van der Waals surface area contributed by atoms with Crippen LogP contribution >= 0.6 is 0 Å². The van der Waals surface area contributed by atoms with Crippen LogP contribution in [0.25, 0.3) is 0 Å². The molecule has 0 radical (unpaired) electrons. The third kappa shape index (κ3) is 7.56. The van der Waals surface area contributed by atoms with Gasteiger partial charge in [0.1, 0.15) is 0 Å². The van der Waals surface area contributed by atoms with E-state index in [9.17, 15) is 13.2 Å². The highest BCUT2D eigenvalue weighted by atomic mass is 32.2. The molecule has 6 heteroatoms. The van der Waals surface area contributed by atoms with Crippen LogP contribution in [-0.2, 0) is 21.2 Å². The zero-order valence-electron chi connectivity index (χ0n) is 13.6. The van der Waals surface area contributed by atoms with E-state index >= 15 is 0 Å². The number of hydrogen-bond acceptors (Lipinski definition) is 3. The summed E-state index contributed by atoms with van der Waals surface area (Å²) in [6, 6.07) is 9.81. The molecule has 0 spiro atoms. The molecule has 1 N–H and O–H groups in total. The van der Waals surface area contributed by atoms with Crippen molar-refractivity contribution in [2.75, 3.05) is 25.9 Å². The normalized spacial score (nSPS) is 11.9. The molecule has 124 valence electrons. The molecular weight excluding hydrogens is 300 g/mol. The van der Waals surface area contributed by atoms with Gasteiger partial charge in [-0.1, -0.05) is 44.2 Å². The second kappa shape index (κ2) is 8.90. The number of carbonyl (C=O) groups is 1. The van der Waals surface area contributed by atoms with Crippen molar-refractivity contribution in [2.24, 2.45) is 5.92 Å². The van der Waals surface area contributed by atoms with Gasteiger partial charge in [-0.3, -0.25) is 4.79 Å². The van der Waals surface area contributed by atoms with Crippen molar-refractivity contribution in [1.82, 2.24) is 9.62 Å². The first-order valence-electron chi connectivity index (χ1n) is 7.55. The summed E-state index contributed by atoms with van der Waals surface area (Å²) in [5, 5.41) is 2.78. The molecular formula is C16H26N2O3S. The van der Waals surface area contributed by atoms with Crippen LogP contribution in [0.2, 0.25) is 0 Å². The van der Waals surface area contributed by atoms with E-state index in [0.29, 0.717) is 32.5 Å². The molecule has 0 bridgehead atoms. The first-order chi connectivity index (χ1) is 10.3. The van der Waals surface area contributed by atoms with Gasteiger partial charge >= 0.3 is 0 Å². The van der Waals surface area contributed by atoms with Crippen molar-refractivity contribution in [3.8, 4) is 0 Å². The van der Waals surface area contributed by atoms with Gasteiger partial charge in [-0.2, -0.15) is 0 Å². The molecule has 1 aromatic carbocycles. The molecule has 0 aliphatic heterocycles. The number of nitrogens with zero attached hydrogens (tertiary/aromatic N) is 1. The Hall–Kier alpha value is -1.40. The summed E-state index contributed by atoms with van der Waals surface area (Å²) in [6.45, 7) is 5.06. The fourth-order valence-corrected chi connectivity index (χ4v) is 3.10. The lowest BCUT2D eigenvalue weighted by Crippen LogP contribution is -2.39. The van der Waals surface area contributed by atoms with E-state index in [1.54, 1.807) is 0 Å². The Kier molecular flexibility index (Phi) is 7.55. The molecule has 22 heavy (non-hydrogen) atoms. The van der Waals surface area contributed by atoms with E-state index in [-0.39, 0.29) is 11.8 Å². The maximum absolute atomic E-state index is 11.8. The summed E-state index contributed by atoms with van der Waals surface area (Å²) in [4.78, 5) is 11.8. The second-order valence-corrected chi connectivity index (χ2v) is 7.83. The third-order valence-electron chi connectivity index (χ3n) is 3.20. The molecule has 0 heterocycles. The largest absolute Gasteiger partial charge is 0.355 e. The highest BCUT2D eigenvalue weighted by Crippen LogP contribution is 2.04. The van der Waals surface area contributed by atoms with Crippen LogP contribution < -0.4 is 5.32 Å². The summed E-state index contributed by atoms with van der Waals surface area (Å²) in [5.41, 5.74) is 1.12. The molecule has 0 atom stereocenters. The van der Waals surface area contributed by atoms with Gasteiger partial charge in [0.2, 0.25) is 15.9 Å². The number of hydrogen-bond donors (Lipinski definition) is 1. The van der Waals surface area contributed by atoms with Gasteiger partial charge < -0.3 is 5.32 Å². The van der Waals surface area contributed by atoms with Crippen LogP contribution in [0, 0.1) is 5.92 Å². The monoisotopic (exact) mass is 326 g/mol. The maximum Gasteiger partial charge on any atom is 0.220 e. The molecule has 1 rings (SSSR count). The molecule has 0 aromatic heterocycles. The minimum absolute atomic E-state index is 0.0538. The Labute approximate surface area is 133 Å². The molecule has 0 aliphatic rings. The summed E-state index contributed by atoms with van der Waals surface area (Å²) < 4.78 is 24.7. The lowest BCUT2D eigenvalue weighted by molar-refractivity contribution is -0.121. The van der Waals surface area contributed by atoms with Gasteiger partial charge in [0, 0.05) is 26.1 Å². The number of rotatable bonds is 9. The summed E-state index contributed by atoms with van der Waals surface area (Å²) in [6.07, 6.45) is 2.30. The second-order valence-electron chi connectivity index (χ2n) is 5.85. The molecule has 5 nitrogen and oxygen atoms in total. The molecule has 1 amide bonds. The van der Waals surface area contributed by atoms with Gasteiger partial charge in [0.05, 0.1) is 6.26 Å². The van der Waals surface area contributed by atoms with Crippen molar-refractivity contribution in [2.45, 2.75) is 26.7 Å². The lowest BCUT2D eigenvalue weighted by Gasteiger charge is -2.22. The average Bonchev–Trinajstić information content (AvgIpc) is 2.44. The number of nitrogens with one attached hydrogen (secondary N) is 1. The zero-order valence-corrected chi connectivity index (χ0v) is 14.4. The zero-order chi connectivity index (χ0) is 16.6. The van der Waals surface area contributed by atoms with Crippen LogP contribution in [0.5, 0.6) is 0 Å². The third-order valence-corrected chi connectivity index (χ3v) is 4.47. The van der Waals surface area contributed by atoms with E-state index in [2.05, 4.69) is 5.32 Å². The highest BCUT2D eigenvalue weighted by Gasteiger charge is 2.17. The van der Waals surface area contributed by atoms with E-state index in [0.717, 1.165) is 5.56 Å². The highest BCUT2D eigenvalue weighted by molar-refractivity contribution is 7.88. The molecule has 0 saturated heterocycles. The van der Waals surface area contributed by atoms with Crippen LogP contribution in [0.4, 0.5) is 0 Å². The van der Waals surface area contributed by atoms with Crippen molar-refractivity contribution in [1.29, 1.82) is 0 Å². The molecule has 0 saturated carbocycles. The summed E-state index contributed by atoms with van der Waals surface area (Å²) in [7, 11) is -3.23. The predicted molar refractivity (Wildman–Crippen MR) is 89.0 cm³/mol. The SMILES string of the molecule is CC(C)CN(CCNC(=O)CCc1ccccc1)S(C)(=O)=O. The van der Waals surface area contributed by atoms with E-state index in [1.165, 1.54) is 10.6 Å². The number of benzene rings is 1. The van der Waals surface area contributed by atoms with E-state index < -0.39 is 10.0 Å². The quantitative estimate of drug-likeness (QED) is 0.750. The lowest BCUT2D eigenvalue weighted by atomic mass is 10.1. The summed E-state index contributed by atoms with van der Waals surface area (Å²) in [5.74, 6) is 0.199. The van der Waals surface area contributed by atoms with E-state index in [4.69, 9.17) is 0 Å². The number of sulfonamides is 1. The van der Waals surface area contributed by atoms with Gasteiger partial charge in [-0.15, -0.1) is 0 Å². The first kappa shape index (κ1) is 18.6. The molecule has 1 aromatic rings. The maximum atomic E-state index is 11.8. The Morgan fingerprint density at radius 1 is 1.23 bits per heavy atom. The van der Waals surface area contributed by atoms with Crippen LogP contribution in [0.1, 0.15) is 25.8 Å². The number of aryl methyl sites for hydroxylation is 1. The van der Waals surface area contributed by atoms with Crippen LogP contribution in [0.3, 0.4) is 0 Å². The van der Waals surface area contributed by atoms with Gasteiger partial charge in [-0.05, 0) is 17.9 Å². The van der Waals surface area contributed by atoms with Crippen LogP contribution in [-0.4, -0.2) is 44.5 Å². The van der Waals surface area contributed by atoms with Crippen molar-refractivity contribution in [3.63, 3.8) is 0 Å². The Morgan fingerprint density at radius 2 is 1.86 bits per heavy atom. The standard InChI is InChI=1S/C16H26N2O3S/c1-14(2)13-18(22(3,20)21)12-11-17-16(19)10-9-15-7-5-4-6-8-15/h4-8,14H,9-13H2,1-3H3,(H,17,19). The summed E-state index contributed by atoms with van der Waals surface area (Å²) >= 11 is 0. The Bertz CT molecular complexity index is 556. The molecule has 0 fully saturated rings. The fourth-order valence-electron chi connectivity index (χ4n) is 2.11. The van der Waals surface area contributed by atoms with E-state index in [1.807, 2.05) is 44.2 Å². The molecule has 0 unspecified atom stereocenters. The first-order valence-corrected chi connectivity index (χ1v) is 9.39. The van der Waals surface area contributed by atoms with Gasteiger partial charge in [0.25, 0.3) is 0 Å². The fraction of sp³-hybridized carbons (Fsp3) is 0.562. The minimum Gasteiger partial charge on any atom is -0.355 e. The minimum atomic E-state index is -3.23. The van der Waals surface area contributed by atoms with Crippen molar-refractivity contribution >= 4 is 15.9 Å². The topological polar surface area (TPSA) is 66.5 Å². The van der Waals surface area contributed by atoms with Crippen LogP contribution in [0.15, 0.2) is 30.3 Å². The van der Waals surface area contributed by atoms with Crippen molar-refractivity contribution in [3.05, 3.63) is 35.9 Å². The van der Waals surface area contributed by atoms with Crippen molar-refractivity contribution < 1.29 is 13.2 Å². The molecule has 0 aliphatic carbocycles. The smallest absolute Gasteiger partial charge is 0.220 e. The van der Waals surface area contributed by atoms with Gasteiger partial charge in [-0.25, -0.2) is 12.7 Å². The number of amides is 1. The number of carbonyl (C=O) groups excluding carboxylic acids is 1.